The van der Waals surface area contributed by atoms with Crippen LogP contribution in [0.1, 0.15) is 0 Å². The number of para-hydroxylation sites is 1. The summed E-state index contributed by atoms with van der Waals surface area (Å²) in [5.74, 6) is 0.315. The molecule has 0 saturated heterocycles. The monoisotopic (exact) mass is 353 g/mol. The molecule has 26 heavy (non-hydrogen) atoms. The predicted octanol–water partition coefficient (Wildman–Crippen LogP) is 2.95. The highest BCUT2D eigenvalue weighted by Crippen LogP contribution is 2.32. The molecule has 0 unspecified atom stereocenters. The fourth-order valence-corrected chi connectivity index (χ4v) is 2.70. The highest BCUT2D eigenvalue weighted by molar-refractivity contribution is 6.30. The number of aliphatic hydroxyl groups excluding tert-OH is 1. The van der Waals surface area contributed by atoms with Gasteiger partial charge in [-0.1, -0.05) is 18.2 Å². The van der Waals surface area contributed by atoms with E-state index in [1.165, 1.54) is 19.1 Å². The van der Waals surface area contributed by atoms with Crippen molar-refractivity contribution in [3.8, 4) is 11.5 Å². The Kier molecular flexibility index (Phi) is 4.79. The van der Waals surface area contributed by atoms with Crippen LogP contribution in [-0.4, -0.2) is 37.6 Å². The highest BCUT2D eigenvalue weighted by Gasteiger charge is 2.33. The molecular formula is C19H19N3O4. The van der Waals surface area contributed by atoms with Crippen LogP contribution in [0.15, 0.2) is 59.9 Å². The Labute approximate surface area is 151 Å². The molecule has 0 atom stereocenters. The minimum absolute atomic E-state index is 0.0205. The zero-order chi connectivity index (χ0) is 18.7. The van der Waals surface area contributed by atoms with Gasteiger partial charge in [-0.2, -0.15) is 0 Å². The van der Waals surface area contributed by atoms with Crippen LogP contribution in [-0.2, 0) is 4.79 Å². The lowest BCUT2D eigenvalue weighted by Crippen LogP contribution is -2.29. The number of nitrogens with zero attached hydrogens (tertiary/aromatic N) is 1. The van der Waals surface area contributed by atoms with Gasteiger partial charge in [-0.05, 0) is 12.1 Å². The maximum atomic E-state index is 12.5. The molecule has 1 heterocycles. The Morgan fingerprint density at radius 3 is 2.31 bits per heavy atom. The Morgan fingerprint density at radius 2 is 1.73 bits per heavy atom. The van der Waals surface area contributed by atoms with E-state index in [4.69, 9.17) is 14.9 Å². The molecule has 0 aliphatic carbocycles. The number of hydrogen-bond donors (Lipinski definition) is 3. The van der Waals surface area contributed by atoms with Gasteiger partial charge < -0.3 is 24.8 Å². The van der Waals surface area contributed by atoms with Crippen molar-refractivity contribution in [2.24, 2.45) is 0 Å². The molecule has 7 nitrogen and oxygen atoms in total. The van der Waals surface area contributed by atoms with Crippen molar-refractivity contribution in [1.29, 1.82) is 5.41 Å². The number of methoxy groups -OCH3 is 2. The number of nitrogens with one attached hydrogen (secondary N) is 2. The van der Waals surface area contributed by atoms with Crippen LogP contribution in [0.4, 0.5) is 11.4 Å². The van der Waals surface area contributed by atoms with Gasteiger partial charge >= 0.3 is 0 Å². The molecule has 0 spiro atoms. The number of carbonyl (C=O) groups is 1. The number of anilines is 2. The number of hydrogen-bond acceptors (Lipinski definition) is 5. The van der Waals surface area contributed by atoms with Crippen LogP contribution in [0.5, 0.6) is 11.5 Å². The number of aliphatic hydroxyl groups is 1. The quantitative estimate of drug-likeness (QED) is 0.768. The lowest BCUT2D eigenvalue weighted by atomic mass is 10.2. The van der Waals surface area contributed by atoms with Gasteiger partial charge in [0.05, 0.1) is 26.5 Å². The van der Waals surface area contributed by atoms with E-state index in [9.17, 15) is 9.90 Å². The molecule has 7 heteroatoms. The fourth-order valence-electron chi connectivity index (χ4n) is 2.70. The molecule has 3 N–H and O–H groups in total. The van der Waals surface area contributed by atoms with E-state index in [0.717, 1.165) is 0 Å². The second-order valence-corrected chi connectivity index (χ2v) is 5.65. The normalized spacial score (nSPS) is 13.8. The third kappa shape index (κ3) is 3.32. The van der Waals surface area contributed by atoms with Gasteiger partial charge in [0.15, 0.2) is 0 Å². The first-order valence-corrected chi connectivity index (χ1v) is 7.91. The first-order valence-electron chi connectivity index (χ1n) is 7.91. The van der Waals surface area contributed by atoms with Crippen LogP contribution in [0, 0.1) is 5.41 Å². The largest absolute Gasteiger partial charge is 0.509 e. The SMILES string of the molecule is COc1cc(OC)cc(N2CC(O)=C(C(=O)Nc3ccccc3)C2=N)c1. The van der Waals surface area contributed by atoms with E-state index in [2.05, 4.69) is 5.32 Å². The van der Waals surface area contributed by atoms with Crippen molar-refractivity contribution < 1.29 is 19.4 Å². The van der Waals surface area contributed by atoms with Crippen molar-refractivity contribution >= 4 is 23.1 Å². The van der Waals surface area contributed by atoms with E-state index >= 15 is 0 Å². The van der Waals surface area contributed by atoms with E-state index in [1.807, 2.05) is 6.07 Å². The summed E-state index contributed by atoms with van der Waals surface area (Å²) in [7, 11) is 3.06. The molecule has 2 aromatic rings. The second-order valence-electron chi connectivity index (χ2n) is 5.65. The molecule has 1 aliphatic heterocycles. The van der Waals surface area contributed by atoms with Crippen molar-refractivity contribution in [3.05, 3.63) is 59.9 Å². The Morgan fingerprint density at radius 1 is 1.12 bits per heavy atom. The zero-order valence-electron chi connectivity index (χ0n) is 14.4. The van der Waals surface area contributed by atoms with Crippen molar-refractivity contribution in [2.75, 3.05) is 31.0 Å². The van der Waals surface area contributed by atoms with E-state index in [-0.39, 0.29) is 23.7 Å². The minimum atomic E-state index is -0.531. The Bertz CT molecular complexity index is 855. The number of benzene rings is 2. The molecule has 0 radical (unpaired) electrons. The molecule has 0 aromatic heterocycles. The molecule has 0 bridgehead atoms. The van der Waals surface area contributed by atoms with Crippen molar-refractivity contribution in [1.82, 2.24) is 0 Å². The van der Waals surface area contributed by atoms with Crippen LogP contribution < -0.4 is 19.7 Å². The van der Waals surface area contributed by atoms with Gasteiger partial charge in [0, 0.05) is 23.9 Å². The average molecular weight is 353 g/mol. The summed E-state index contributed by atoms with van der Waals surface area (Å²) in [6.07, 6.45) is 0. The molecule has 2 aromatic carbocycles. The number of amidine groups is 1. The second kappa shape index (κ2) is 7.18. The van der Waals surface area contributed by atoms with E-state index in [0.29, 0.717) is 22.9 Å². The van der Waals surface area contributed by atoms with Gasteiger partial charge in [-0.15, -0.1) is 0 Å². The third-order valence-corrected chi connectivity index (χ3v) is 4.01. The number of amides is 1. The third-order valence-electron chi connectivity index (χ3n) is 4.01. The maximum absolute atomic E-state index is 12.5. The summed E-state index contributed by atoms with van der Waals surface area (Å²) in [5.41, 5.74) is 1.11. The number of rotatable bonds is 5. The smallest absolute Gasteiger partial charge is 0.262 e. The van der Waals surface area contributed by atoms with Crippen LogP contribution in [0.25, 0.3) is 0 Å². The molecular weight excluding hydrogens is 334 g/mol. The van der Waals surface area contributed by atoms with Gasteiger partial charge in [0.1, 0.15) is 28.7 Å². The highest BCUT2D eigenvalue weighted by atomic mass is 16.5. The summed E-state index contributed by atoms with van der Waals surface area (Å²) >= 11 is 0. The fraction of sp³-hybridized carbons (Fsp3) is 0.158. The van der Waals surface area contributed by atoms with Crippen LogP contribution >= 0.6 is 0 Å². The summed E-state index contributed by atoms with van der Waals surface area (Å²) in [6, 6.07) is 14.0. The van der Waals surface area contributed by atoms with Gasteiger partial charge in [-0.3, -0.25) is 10.2 Å². The lowest BCUT2D eigenvalue weighted by Gasteiger charge is -2.20. The number of carbonyl (C=O) groups excluding carboxylic acids is 1. The minimum Gasteiger partial charge on any atom is -0.509 e. The van der Waals surface area contributed by atoms with Crippen molar-refractivity contribution in [2.45, 2.75) is 0 Å². The van der Waals surface area contributed by atoms with Crippen molar-refractivity contribution in [3.63, 3.8) is 0 Å². The average Bonchev–Trinajstić information content (AvgIpc) is 2.96. The molecule has 1 amide bonds. The standard InChI is InChI=1S/C19H19N3O4/c1-25-14-8-13(9-15(10-14)26-2)22-11-16(23)17(18(22)20)19(24)21-12-6-4-3-5-7-12/h3-10,20,23H,11H2,1-2H3,(H,21,24). The number of ether oxygens (including phenoxy) is 2. The summed E-state index contributed by atoms with van der Waals surface area (Å²) in [4.78, 5) is 14.0. The first-order chi connectivity index (χ1) is 12.5. The van der Waals surface area contributed by atoms with Gasteiger partial charge in [-0.25, -0.2) is 0 Å². The lowest BCUT2D eigenvalue weighted by molar-refractivity contribution is -0.112. The van der Waals surface area contributed by atoms with Crippen LogP contribution in [0.2, 0.25) is 0 Å². The van der Waals surface area contributed by atoms with E-state index < -0.39 is 5.91 Å². The Hall–Kier alpha value is -3.48. The maximum Gasteiger partial charge on any atom is 0.262 e. The van der Waals surface area contributed by atoms with Crippen LogP contribution in [0.3, 0.4) is 0 Å². The first kappa shape index (κ1) is 17.3. The summed E-state index contributed by atoms with van der Waals surface area (Å²) in [5, 5.41) is 21.3. The molecule has 134 valence electrons. The van der Waals surface area contributed by atoms with E-state index in [1.54, 1.807) is 42.5 Å². The predicted molar refractivity (Wildman–Crippen MR) is 99.3 cm³/mol. The molecule has 1 aliphatic rings. The summed E-state index contributed by atoms with van der Waals surface area (Å²) < 4.78 is 10.5. The zero-order valence-corrected chi connectivity index (χ0v) is 14.4. The van der Waals surface area contributed by atoms with Gasteiger partial charge in [0.25, 0.3) is 5.91 Å². The van der Waals surface area contributed by atoms with Gasteiger partial charge in [0.2, 0.25) is 0 Å². The topological polar surface area (TPSA) is 94.9 Å². The Balaban J connectivity index is 1.85. The molecule has 3 rings (SSSR count). The molecule has 0 fully saturated rings. The molecule has 0 saturated carbocycles. The summed E-state index contributed by atoms with van der Waals surface area (Å²) in [6.45, 7) is 0.0205.